The van der Waals surface area contributed by atoms with Gasteiger partial charge in [0, 0.05) is 25.0 Å². The van der Waals surface area contributed by atoms with Gasteiger partial charge in [0.1, 0.15) is 0 Å². The average Bonchev–Trinajstić information content (AvgIpc) is 2.63. The molecule has 0 aromatic heterocycles. The minimum Gasteiger partial charge on any atom is -0.469 e. The lowest BCUT2D eigenvalue weighted by atomic mass is 9.96. The molecule has 1 aliphatic heterocycles. The van der Waals surface area contributed by atoms with Crippen LogP contribution in [-0.2, 0) is 9.53 Å². The Morgan fingerprint density at radius 1 is 1.62 bits per heavy atom. The van der Waals surface area contributed by atoms with Gasteiger partial charge in [0.15, 0.2) is 0 Å². The fourth-order valence-corrected chi connectivity index (χ4v) is 2.72. The van der Waals surface area contributed by atoms with Gasteiger partial charge in [-0.2, -0.15) is 0 Å². The molecule has 0 spiro atoms. The lowest BCUT2D eigenvalue weighted by Gasteiger charge is -2.14. The van der Waals surface area contributed by atoms with E-state index in [0.717, 1.165) is 26.1 Å². The molecule has 2 fully saturated rings. The summed E-state index contributed by atoms with van der Waals surface area (Å²) in [5.74, 6) is -0.0484. The van der Waals surface area contributed by atoms with E-state index >= 15 is 0 Å². The summed E-state index contributed by atoms with van der Waals surface area (Å²) in [7, 11) is 3.39. The highest BCUT2D eigenvalue weighted by Gasteiger charge is 2.74. The maximum atomic E-state index is 11.6. The fourth-order valence-electron chi connectivity index (χ4n) is 2.72. The zero-order valence-corrected chi connectivity index (χ0v) is 8.14. The SMILES string of the molecule is CNCC12CNCC1(C(=O)OC)C2. The molecule has 1 saturated carbocycles. The van der Waals surface area contributed by atoms with Crippen LogP contribution in [0.2, 0.25) is 0 Å². The number of rotatable bonds is 3. The van der Waals surface area contributed by atoms with E-state index in [1.807, 2.05) is 7.05 Å². The molecule has 0 aromatic carbocycles. The molecule has 2 unspecified atom stereocenters. The third kappa shape index (κ3) is 0.957. The van der Waals surface area contributed by atoms with E-state index < -0.39 is 0 Å². The highest BCUT2D eigenvalue weighted by Crippen LogP contribution is 2.66. The molecule has 4 heteroatoms. The second-order valence-electron chi connectivity index (χ2n) is 4.16. The Bertz CT molecular complexity index is 244. The van der Waals surface area contributed by atoms with E-state index in [1.165, 1.54) is 7.11 Å². The number of methoxy groups -OCH3 is 1. The van der Waals surface area contributed by atoms with Crippen LogP contribution in [0.4, 0.5) is 0 Å². The zero-order chi connectivity index (χ0) is 9.53. The molecule has 4 nitrogen and oxygen atoms in total. The van der Waals surface area contributed by atoms with Gasteiger partial charge < -0.3 is 15.4 Å². The second-order valence-corrected chi connectivity index (χ2v) is 4.16. The van der Waals surface area contributed by atoms with Crippen molar-refractivity contribution in [3.63, 3.8) is 0 Å². The Labute approximate surface area is 78.0 Å². The minimum atomic E-state index is -0.218. The van der Waals surface area contributed by atoms with Crippen LogP contribution in [0.3, 0.4) is 0 Å². The number of piperidine rings is 1. The van der Waals surface area contributed by atoms with Gasteiger partial charge in [-0.3, -0.25) is 4.79 Å². The van der Waals surface area contributed by atoms with Crippen molar-refractivity contribution in [1.82, 2.24) is 10.6 Å². The molecule has 1 heterocycles. The molecule has 13 heavy (non-hydrogen) atoms. The number of ether oxygens (including phenoxy) is 1. The molecule has 0 aromatic rings. The standard InChI is InChI=1S/C9H16N2O2/c1-10-4-8-3-9(8,6-11-5-8)7(12)13-2/h10-11H,3-6H2,1-2H3. The average molecular weight is 184 g/mol. The van der Waals surface area contributed by atoms with Crippen LogP contribution >= 0.6 is 0 Å². The molecule has 2 aliphatic rings. The lowest BCUT2D eigenvalue weighted by Crippen LogP contribution is -2.30. The van der Waals surface area contributed by atoms with Gasteiger partial charge in [0.25, 0.3) is 0 Å². The third-order valence-electron chi connectivity index (χ3n) is 3.51. The van der Waals surface area contributed by atoms with E-state index in [4.69, 9.17) is 4.74 Å². The lowest BCUT2D eigenvalue weighted by molar-refractivity contribution is -0.147. The van der Waals surface area contributed by atoms with Crippen molar-refractivity contribution in [3.8, 4) is 0 Å². The molecule has 0 amide bonds. The van der Waals surface area contributed by atoms with E-state index in [1.54, 1.807) is 0 Å². The summed E-state index contributed by atoms with van der Waals surface area (Å²) < 4.78 is 4.84. The molecular formula is C9H16N2O2. The summed E-state index contributed by atoms with van der Waals surface area (Å²) in [5.41, 5.74) is -0.0837. The number of hydrogen-bond acceptors (Lipinski definition) is 4. The van der Waals surface area contributed by atoms with Crippen molar-refractivity contribution in [1.29, 1.82) is 0 Å². The summed E-state index contributed by atoms with van der Waals surface area (Å²) in [6, 6.07) is 0. The normalized spacial score (nSPS) is 41.4. The topological polar surface area (TPSA) is 50.4 Å². The predicted octanol–water partition coefficient (Wildman–Crippen LogP) is -0.641. The van der Waals surface area contributed by atoms with Gasteiger partial charge in [-0.1, -0.05) is 0 Å². The summed E-state index contributed by atoms with van der Waals surface area (Å²) in [4.78, 5) is 11.6. The number of carbonyl (C=O) groups is 1. The first-order valence-corrected chi connectivity index (χ1v) is 4.64. The Morgan fingerprint density at radius 3 is 3.00 bits per heavy atom. The van der Waals surface area contributed by atoms with Crippen molar-refractivity contribution in [2.45, 2.75) is 6.42 Å². The minimum absolute atomic E-state index is 0.0484. The Kier molecular flexibility index (Phi) is 1.85. The first-order chi connectivity index (χ1) is 6.21. The number of hydrogen-bond donors (Lipinski definition) is 2. The van der Waals surface area contributed by atoms with Gasteiger partial charge in [-0.15, -0.1) is 0 Å². The van der Waals surface area contributed by atoms with Crippen molar-refractivity contribution in [2.24, 2.45) is 10.8 Å². The van der Waals surface area contributed by atoms with Crippen molar-refractivity contribution < 1.29 is 9.53 Å². The van der Waals surface area contributed by atoms with Gasteiger partial charge in [-0.25, -0.2) is 0 Å². The number of carbonyl (C=O) groups excluding carboxylic acids is 1. The highest BCUT2D eigenvalue weighted by atomic mass is 16.5. The summed E-state index contributed by atoms with van der Waals surface area (Å²) in [5, 5.41) is 6.41. The Morgan fingerprint density at radius 2 is 2.38 bits per heavy atom. The first-order valence-electron chi connectivity index (χ1n) is 4.64. The zero-order valence-electron chi connectivity index (χ0n) is 8.14. The van der Waals surface area contributed by atoms with Gasteiger partial charge >= 0.3 is 5.97 Å². The maximum Gasteiger partial charge on any atom is 0.313 e. The van der Waals surface area contributed by atoms with Crippen LogP contribution in [0.25, 0.3) is 0 Å². The molecule has 0 bridgehead atoms. The number of nitrogens with one attached hydrogen (secondary N) is 2. The fraction of sp³-hybridized carbons (Fsp3) is 0.889. The molecule has 1 saturated heterocycles. The summed E-state index contributed by atoms with van der Waals surface area (Å²) >= 11 is 0. The first kappa shape index (κ1) is 8.97. The number of fused-ring (bicyclic) bond motifs is 1. The number of esters is 1. The summed E-state index contributed by atoms with van der Waals surface area (Å²) in [6.07, 6.45) is 0.973. The van der Waals surface area contributed by atoms with Gasteiger partial charge in [-0.05, 0) is 13.5 Å². The van der Waals surface area contributed by atoms with Crippen LogP contribution in [0.1, 0.15) is 6.42 Å². The smallest absolute Gasteiger partial charge is 0.313 e. The van der Waals surface area contributed by atoms with Crippen molar-refractivity contribution in [3.05, 3.63) is 0 Å². The second kappa shape index (κ2) is 2.69. The van der Waals surface area contributed by atoms with Crippen LogP contribution in [0.5, 0.6) is 0 Å². The highest BCUT2D eigenvalue weighted by molar-refractivity contribution is 5.83. The molecular weight excluding hydrogens is 168 g/mol. The molecule has 2 rings (SSSR count). The van der Waals surface area contributed by atoms with Gasteiger partial charge in [0.05, 0.1) is 12.5 Å². The molecule has 2 atom stereocenters. The van der Waals surface area contributed by atoms with E-state index in [2.05, 4.69) is 10.6 Å². The third-order valence-corrected chi connectivity index (χ3v) is 3.51. The Hall–Kier alpha value is -0.610. The van der Waals surface area contributed by atoms with Crippen LogP contribution in [0.15, 0.2) is 0 Å². The largest absolute Gasteiger partial charge is 0.469 e. The predicted molar refractivity (Wildman–Crippen MR) is 48.3 cm³/mol. The van der Waals surface area contributed by atoms with E-state index in [9.17, 15) is 4.79 Å². The summed E-state index contributed by atoms with van der Waals surface area (Å²) in [6.45, 7) is 2.61. The monoisotopic (exact) mass is 184 g/mol. The van der Waals surface area contributed by atoms with Crippen LogP contribution in [-0.4, -0.2) is 39.8 Å². The van der Waals surface area contributed by atoms with Crippen molar-refractivity contribution in [2.75, 3.05) is 33.8 Å². The maximum absolute atomic E-state index is 11.6. The van der Waals surface area contributed by atoms with Gasteiger partial charge in [0.2, 0.25) is 0 Å². The molecule has 1 aliphatic carbocycles. The van der Waals surface area contributed by atoms with Crippen LogP contribution in [0, 0.1) is 10.8 Å². The molecule has 74 valence electrons. The Balaban J connectivity index is 2.14. The quantitative estimate of drug-likeness (QED) is 0.573. The molecule has 2 N–H and O–H groups in total. The van der Waals surface area contributed by atoms with Crippen LogP contribution < -0.4 is 10.6 Å². The molecule has 0 radical (unpaired) electrons. The van der Waals surface area contributed by atoms with Crippen molar-refractivity contribution >= 4 is 5.97 Å². The van der Waals surface area contributed by atoms with E-state index in [-0.39, 0.29) is 16.8 Å². The van der Waals surface area contributed by atoms with E-state index in [0.29, 0.717) is 0 Å².